The van der Waals surface area contributed by atoms with Crippen molar-refractivity contribution in [3.8, 4) is 0 Å². The SMILES string of the molecule is CN1CCN(S(=O)(=O)c2ccc(NC(=O)/C=C/c3cccc4ccccc34)cc2)CC1. The van der Waals surface area contributed by atoms with Crippen LogP contribution in [-0.2, 0) is 14.8 Å². The second kappa shape index (κ2) is 9.01. The van der Waals surface area contributed by atoms with Gasteiger partial charge >= 0.3 is 0 Å². The summed E-state index contributed by atoms with van der Waals surface area (Å²) in [6.45, 7) is 2.40. The van der Waals surface area contributed by atoms with Crippen molar-refractivity contribution in [2.45, 2.75) is 4.90 Å². The Bertz CT molecular complexity index is 1210. The fourth-order valence-electron chi connectivity index (χ4n) is 3.63. The molecule has 0 radical (unpaired) electrons. The van der Waals surface area contributed by atoms with Crippen molar-refractivity contribution in [1.82, 2.24) is 9.21 Å². The van der Waals surface area contributed by atoms with Crippen LogP contribution >= 0.6 is 0 Å². The highest BCUT2D eigenvalue weighted by molar-refractivity contribution is 7.89. The lowest BCUT2D eigenvalue weighted by Crippen LogP contribution is -2.46. The van der Waals surface area contributed by atoms with Crippen LogP contribution in [0.15, 0.2) is 77.7 Å². The number of benzene rings is 3. The Morgan fingerprint density at radius 2 is 1.58 bits per heavy atom. The first-order valence-electron chi connectivity index (χ1n) is 10.2. The van der Waals surface area contributed by atoms with Crippen LogP contribution in [0.2, 0.25) is 0 Å². The molecule has 0 spiro atoms. The quantitative estimate of drug-likeness (QED) is 0.624. The van der Waals surface area contributed by atoms with Gasteiger partial charge in [0.1, 0.15) is 0 Å². The van der Waals surface area contributed by atoms with Gasteiger partial charge in [-0.1, -0.05) is 42.5 Å². The zero-order chi connectivity index (χ0) is 21.8. The van der Waals surface area contributed by atoms with E-state index in [4.69, 9.17) is 0 Å². The van der Waals surface area contributed by atoms with Crippen molar-refractivity contribution in [3.63, 3.8) is 0 Å². The van der Waals surface area contributed by atoms with E-state index in [2.05, 4.69) is 10.2 Å². The van der Waals surface area contributed by atoms with Crippen molar-refractivity contribution in [2.75, 3.05) is 38.5 Å². The summed E-state index contributed by atoms with van der Waals surface area (Å²) in [5.74, 6) is -0.275. The van der Waals surface area contributed by atoms with Gasteiger partial charge in [0.25, 0.3) is 0 Å². The Balaban J connectivity index is 1.43. The molecule has 1 amide bonds. The Morgan fingerprint density at radius 1 is 0.903 bits per heavy atom. The van der Waals surface area contributed by atoms with Gasteiger partial charge in [-0.15, -0.1) is 0 Å². The van der Waals surface area contributed by atoms with E-state index in [0.717, 1.165) is 29.4 Å². The van der Waals surface area contributed by atoms with Gasteiger partial charge in [-0.05, 0) is 53.7 Å². The molecule has 0 saturated carbocycles. The first-order valence-corrected chi connectivity index (χ1v) is 11.6. The van der Waals surface area contributed by atoms with Gasteiger partial charge in [0, 0.05) is 37.9 Å². The highest BCUT2D eigenvalue weighted by Gasteiger charge is 2.27. The van der Waals surface area contributed by atoms with Crippen molar-refractivity contribution in [2.24, 2.45) is 0 Å². The van der Waals surface area contributed by atoms with Crippen molar-refractivity contribution >= 4 is 38.5 Å². The van der Waals surface area contributed by atoms with Gasteiger partial charge in [0.15, 0.2) is 0 Å². The zero-order valence-corrected chi connectivity index (χ0v) is 18.2. The van der Waals surface area contributed by atoms with Gasteiger partial charge in [0.05, 0.1) is 4.90 Å². The van der Waals surface area contributed by atoms with Crippen LogP contribution in [0.5, 0.6) is 0 Å². The molecule has 6 nitrogen and oxygen atoms in total. The van der Waals surface area contributed by atoms with Crippen LogP contribution in [0.25, 0.3) is 16.8 Å². The number of nitrogens with one attached hydrogen (secondary N) is 1. The highest BCUT2D eigenvalue weighted by atomic mass is 32.2. The van der Waals surface area contributed by atoms with Crippen molar-refractivity contribution in [3.05, 3.63) is 78.4 Å². The molecular formula is C24H25N3O3S. The van der Waals surface area contributed by atoms with Crippen molar-refractivity contribution in [1.29, 1.82) is 0 Å². The van der Waals surface area contributed by atoms with Crippen LogP contribution in [0.4, 0.5) is 5.69 Å². The van der Waals surface area contributed by atoms with Gasteiger partial charge in [-0.3, -0.25) is 4.79 Å². The number of anilines is 1. The van der Waals surface area contributed by atoms with Crippen molar-refractivity contribution < 1.29 is 13.2 Å². The lowest BCUT2D eigenvalue weighted by molar-refractivity contribution is -0.111. The molecule has 0 aliphatic carbocycles. The average molecular weight is 436 g/mol. The summed E-state index contributed by atoms with van der Waals surface area (Å²) in [5.41, 5.74) is 1.51. The number of carbonyl (C=O) groups is 1. The molecule has 1 aliphatic rings. The standard InChI is InChI=1S/C24H25N3O3S/c1-26-15-17-27(18-16-26)31(29,30)22-12-10-21(11-13-22)25-24(28)14-9-20-7-4-6-19-5-2-3-8-23(19)20/h2-14H,15-18H2,1H3,(H,25,28)/b14-9+. The molecule has 3 aromatic carbocycles. The highest BCUT2D eigenvalue weighted by Crippen LogP contribution is 2.21. The topological polar surface area (TPSA) is 69.7 Å². The van der Waals surface area contributed by atoms with Crippen LogP contribution in [-0.4, -0.2) is 56.8 Å². The molecule has 160 valence electrons. The third kappa shape index (κ3) is 4.85. The first-order chi connectivity index (χ1) is 14.9. The van der Waals surface area contributed by atoms with E-state index in [-0.39, 0.29) is 10.8 Å². The smallest absolute Gasteiger partial charge is 0.248 e. The largest absolute Gasteiger partial charge is 0.323 e. The normalized spacial score (nSPS) is 16.0. The summed E-state index contributed by atoms with van der Waals surface area (Å²) in [6, 6.07) is 20.3. The maximum atomic E-state index is 12.8. The summed E-state index contributed by atoms with van der Waals surface area (Å²) in [7, 11) is -1.54. The number of hydrogen-bond acceptors (Lipinski definition) is 4. The fraction of sp³-hybridized carbons (Fsp3) is 0.208. The van der Waals surface area contributed by atoms with Crippen LogP contribution in [0.3, 0.4) is 0 Å². The van der Waals surface area contributed by atoms with Gasteiger partial charge in [0.2, 0.25) is 15.9 Å². The zero-order valence-electron chi connectivity index (χ0n) is 17.4. The van der Waals surface area contributed by atoms with Gasteiger partial charge < -0.3 is 10.2 Å². The lowest BCUT2D eigenvalue weighted by atomic mass is 10.0. The monoisotopic (exact) mass is 435 g/mol. The molecule has 0 aromatic heterocycles. The minimum atomic E-state index is -3.52. The molecule has 1 fully saturated rings. The Kier molecular flexibility index (Phi) is 6.18. The van der Waals surface area contributed by atoms with E-state index < -0.39 is 10.0 Å². The number of amides is 1. The molecular weight excluding hydrogens is 410 g/mol. The van der Waals surface area contributed by atoms with Gasteiger partial charge in [-0.25, -0.2) is 8.42 Å². The van der Waals surface area contributed by atoms with Crippen LogP contribution < -0.4 is 5.32 Å². The van der Waals surface area contributed by atoms with E-state index in [0.29, 0.717) is 18.8 Å². The van der Waals surface area contributed by atoms with Gasteiger partial charge in [-0.2, -0.15) is 4.31 Å². The number of nitrogens with zero attached hydrogens (tertiary/aromatic N) is 2. The molecule has 1 saturated heterocycles. The third-order valence-electron chi connectivity index (χ3n) is 5.46. The summed E-state index contributed by atoms with van der Waals surface area (Å²) in [4.78, 5) is 14.7. The number of likely N-dealkylation sites (N-methyl/N-ethyl adjacent to an activating group) is 1. The molecule has 1 aliphatic heterocycles. The number of carbonyl (C=O) groups excluding carboxylic acids is 1. The van der Waals surface area contributed by atoms with Crippen LogP contribution in [0, 0.1) is 0 Å². The maximum absolute atomic E-state index is 12.8. The molecule has 0 atom stereocenters. The lowest BCUT2D eigenvalue weighted by Gasteiger charge is -2.31. The molecule has 3 aromatic rings. The third-order valence-corrected chi connectivity index (χ3v) is 7.37. The average Bonchev–Trinajstić information content (AvgIpc) is 2.78. The Labute approximate surface area is 182 Å². The predicted molar refractivity (Wildman–Crippen MR) is 124 cm³/mol. The molecule has 1 heterocycles. The number of sulfonamides is 1. The molecule has 0 unspecified atom stereocenters. The second-order valence-electron chi connectivity index (χ2n) is 7.62. The minimum absolute atomic E-state index is 0.237. The number of fused-ring (bicyclic) bond motifs is 1. The van der Waals surface area contributed by atoms with E-state index in [1.807, 2.05) is 49.5 Å². The molecule has 7 heteroatoms. The first kappa shape index (κ1) is 21.2. The predicted octanol–water partition coefficient (Wildman–Crippen LogP) is 3.43. The van der Waals surface area contributed by atoms with E-state index in [1.165, 1.54) is 22.5 Å². The molecule has 4 rings (SSSR count). The Morgan fingerprint density at radius 3 is 2.32 bits per heavy atom. The van der Waals surface area contributed by atoms with Crippen LogP contribution in [0.1, 0.15) is 5.56 Å². The minimum Gasteiger partial charge on any atom is -0.323 e. The summed E-state index contributed by atoms with van der Waals surface area (Å²) in [5, 5.41) is 4.97. The summed E-state index contributed by atoms with van der Waals surface area (Å²) in [6.07, 6.45) is 3.26. The summed E-state index contributed by atoms with van der Waals surface area (Å²) < 4.78 is 27.1. The number of piperazine rings is 1. The maximum Gasteiger partial charge on any atom is 0.248 e. The second-order valence-corrected chi connectivity index (χ2v) is 9.56. The fourth-order valence-corrected chi connectivity index (χ4v) is 5.06. The van der Waals surface area contributed by atoms with E-state index in [1.54, 1.807) is 18.2 Å². The molecule has 1 N–H and O–H groups in total. The summed E-state index contributed by atoms with van der Waals surface area (Å²) >= 11 is 0. The molecule has 31 heavy (non-hydrogen) atoms. The number of rotatable bonds is 5. The van der Waals surface area contributed by atoms with E-state index >= 15 is 0 Å². The Hall–Kier alpha value is -3.00. The number of hydrogen-bond donors (Lipinski definition) is 1. The van der Waals surface area contributed by atoms with E-state index in [9.17, 15) is 13.2 Å². The molecule has 0 bridgehead atoms.